The maximum absolute atomic E-state index is 12.1. The molecule has 0 radical (unpaired) electrons. The Morgan fingerprint density at radius 1 is 1.04 bits per heavy atom. The van der Waals surface area contributed by atoms with Crippen molar-refractivity contribution in [3.8, 4) is 0 Å². The molecular weight excluding hydrogens is 342 g/mol. The van der Waals surface area contributed by atoms with Gasteiger partial charge in [-0.25, -0.2) is 9.59 Å². The first-order chi connectivity index (χ1) is 11.9. The minimum atomic E-state index is -0.768. The fraction of sp³-hybridized carbons (Fsp3) is 0.750. The first-order valence-electron chi connectivity index (χ1n) is 8.33. The zero-order valence-electron chi connectivity index (χ0n) is 16.4. The molecule has 1 heterocycles. The van der Waals surface area contributed by atoms with Crippen LogP contribution in [0.5, 0.6) is 0 Å². The number of aromatic nitrogens is 2. The molecular formula is C16H29N5O5. The van der Waals surface area contributed by atoms with Gasteiger partial charge in [0, 0.05) is 0 Å². The zero-order chi connectivity index (χ0) is 20.0. The maximum Gasteiger partial charge on any atom is 0.408 e. The molecule has 0 aliphatic rings. The van der Waals surface area contributed by atoms with Gasteiger partial charge >= 0.3 is 12.2 Å². The van der Waals surface area contributed by atoms with Gasteiger partial charge < -0.3 is 29.8 Å². The van der Waals surface area contributed by atoms with Crippen molar-refractivity contribution in [3.63, 3.8) is 0 Å². The summed E-state index contributed by atoms with van der Waals surface area (Å²) in [5.41, 5.74) is -1.30. The standard InChI is InChI=1S/C16H29N5O5/c1-15(2,3)25-13(22)18-8-10(19-14(23)26-16(4,5)6)12-21-20-11(24-12)9-17-7/h10,17H,8-9H2,1-7H3,(H,18,22)(H,19,23)/t10-/m0/s1. The molecule has 0 bridgehead atoms. The van der Waals surface area contributed by atoms with Gasteiger partial charge in [0.1, 0.15) is 17.2 Å². The van der Waals surface area contributed by atoms with Crippen LogP contribution in [0.2, 0.25) is 0 Å². The van der Waals surface area contributed by atoms with Gasteiger partial charge in [0.05, 0.1) is 13.1 Å². The second-order valence-corrected chi connectivity index (χ2v) is 7.65. The van der Waals surface area contributed by atoms with E-state index < -0.39 is 29.4 Å². The fourth-order valence-corrected chi connectivity index (χ4v) is 1.78. The normalized spacial score (nSPS) is 13.0. The summed E-state index contributed by atoms with van der Waals surface area (Å²) < 4.78 is 15.9. The summed E-state index contributed by atoms with van der Waals surface area (Å²) in [6.07, 6.45) is -1.29. The predicted molar refractivity (Wildman–Crippen MR) is 93.4 cm³/mol. The molecule has 1 atom stereocenters. The molecule has 0 fully saturated rings. The van der Waals surface area contributed by atoms with Crippen molar-refractivity contribution in [2.75, 3.05) is 13.6 Å². The molecule has 1 aromatic rings. The summed E-state index contributed by atoms with van der Waals surface area (Å²) in [6, 6.07) is -0.768. The average molecular weight is 371 g/mol. The molecule has 0 spiro atoms. The van der Waals surface area contributed by atoms with Gasteiger partial charge in [0.25, 0.3) is 0 Å². The van der Waals surface area contributed by atoms with Crippen LogP contribution < -0.4 is 16.0 Å². The summed E-state index contributed by atoms with van der Waals surface area (Å²) in [4.78, 5) is 23.9. The summed E-state index contributed by atoms with van der Waals surface area (Å²) in [5, 5.41) is 15.9. The Morgan fingerprint density at radius 2 is 1.62 bits per heavy atom. The van der Waals surface area contributed by atoms with Crippen molar-refractivity contribution >= 4 is 12.2 Å². The molecule has 0 unspecified atom stereocenters. The molecule has 10 heteroatoms. The van der Waals surface area contributed by atoms with Gasteiger partial charge in [0.15, 0.2) is 0 Å². The molecule has 10 nitrogen and oxygen atoms in total. The van der Waals surface area contributed by atoms with Gasteiger partial charge in [-0.1, -0.05) is 0 Å². The minimum absolute atomic E-state index is 0.00462. The van der Waals surface area contributed by atoms with Gasteiger partial charge in [-0.05, 0) is 48.6 Å². The largest absolute Gasteiger partial charge is 0.444 e. The predicted octanol–water partition coefficient (Wildman–Crippen LogP) is 1.88. The summed E-state index contributed by atoms with van der Waals surface area (Å²) in [7, 11) is 1.74. The lowest BCUT2D eigenvalue weighted by molar-refractivity contribution is 0.0454. The van der Waals surface area contributed by atoms with Crippen LogP contribution in [-0.2, 0) is 16.0 Å². The van der Waals surface area contributed by atoms with E-state index in [9.17, 15) is 9.59 Å². The third-order valence-corrected chi connectivity index (χ3v) is 2.65. The van der Waals surface area contributed by atoms with Crippen molar-refractivity contribution < 1.29 is 23.5 Å². The molecule has 1 aromatic heterocycles. The molecule has 0 saturated heterocycles. The van der Waals surface area contributed by atoms with Crippen molar-refractivity contribution in [1.82, 2.24) is 26.1 Å². The van der Waals surface area contributed by atoms with E-state index in [0.29, 0.717) is 12.4 Å². The van der Waals surface area contributed by atoms with E-state index in [1.165, 1.54) is 0 Å². The summed E-state index contributed by atoms with van der Waals surface area (Å²) in [6.45, 7) is 10.9. The number of alkyl carbamates (subject to hydrolysis) is 2. The lowest BCUT2D eigenvalue weighted by Gasteiger charge is -2.23. The lowest BCUT2D eigenvalue weighted by Crippen LogP contribution is -2.42. The number of hydrogen-bond acceptors (Lipinski definition) is 8. The van der Waals surface area contributed by atoms with Crippen LogP contribution in [0.1, 0.15) is 59.4 Å². The Hall–Kier alpha value is -2.36. The van der Waals surface area contributed by atoms with Crippen LogP contribution in [-0.4, -0.2) is 47.2 Å². The number of amides is 2. The molecule has 0 aromatic carbocycles. The smallest absolute Gasteiger partial charge is 0.408 e. The highest BCUT2D eigenvalue weighted by Crippen LogP contribution is 2.14. The van der Waals surface area contributed by atoms with Crippen molar-refractivity contribution in [3.05, 3.63) is 11.8 Å². The fourth-order valence-electron chi connectivity index (χ4n) is 1.78. The minimum Gasteiger partial charge on any atom is -0.444 e. The maximum atomic E-state index is 12.1. The highest BCUT2D eigenvalue weighted by molar-refractivity contribution is 5.69. The summed E-state index contributed by atoms with van der Waals surface area (Å²) >= 11 is 0. The highest BCUT2D eigenvalue weighted by Gasteiger charge is 2.26. The average Bonchev–Trinajstić information content (AvgIpc) is 2.88. The Morgan fingerprint density at radius 3 is 2.15 bits per heavy atom. The third kappa shape index (κ3) is 8.65. The quantitative estimate of drug-likeness (QED) is 0.691. The Balaban J connectivity index is 2.80. The number of carbonyl (C=O) groups excluding carboxylic acids is 2. The second kappa shape index (κ2) is 8.84. The van der Waals surface area contributed by atoms with Crippen molar-refractivity contribution in [2.24, 2.45) is 0 Å². The Kier molecular flexibility index (Phi) is 7.37. The van der Waals surface area contributed by atoms with Gasteiger partial charge in [-0.2, -0.15) is 0 Å². The summed E-state index contributed by atoms with van der Waals surface area (Å²) in [5.74, 6) is 0.507. The third-order valence-electron chi connectivity index (χ3n) is 2.65. The molecule has 26 heavy (non-hydrogen) atoms. The molecule has 1 rings (SSSR count). The van der Waals surface area contributed by atoms with Gasteiger partial charge in [-0.15, -0.1) is 10.2 Å². The molecule has 3 N–H and O–H groups in total. The number of nitrogens with one attached hydrogen (secondary N) is 3. The van der Waals surface area contributed by atoms with Crippen LogP contribution >= 0.6 is 0 Å². The van der Waals surface area contributed by atoms with Crippen LogP contribution in [0.4, 0.5) is 9.59 Å². The van der Waals surface area contributed by atoms with Crippen LogP contribution in [0.25, 0.3) is 0 Å². The van der Waals surface area contributed by atoms with Crippen molar-refractivity contribution in [1.29, 1.82) is 0 Å². The molecule has 0 saturated carbocycles. The Bertz CT molecular complexity index is 603. The molecule has 0 aliphatic carbocycles. The van der Waals surface area contributed by atoms with Crippen LogP contribution in [0.15, 0.2) is 4.42 Å². The molecule has 148 valence electrons. The number of nitrogens with zero attached hydrogens (tertiary/aromatic N) is 2. The monoisotopic (exact) mass is 371 g/mol. The van der Waals surface area contributed by atoms with E-state index >= 15 is 0 Å². The first kappa shape index (κ1) is 21.7. The Labute approximate surface area is 153 Å². The second-order valence-electron chi connectivity index (χ2n) is 7.65. The van der Waals surface area contributed by atoms with E-state index in [4.69, 9.17) is 13.9 Å². The van der Waals surface area contributed by atoms with E-state index in [1.54, 1.807) is 48.6 Å². The van der Waals surface area contributed by atoms with Crippen LogP contribution in [0, 0.1) is 0 Å². The van der Waals surface area contributed by atoms with E-state index in [0.717, 1.165) is 0 Å². The van der Waals surface area contributed by atoms with E-state index in [1.807, 2.05) is 0 Å². The zero-order valence-corrected chi connectivity index (χ0v) is 16.4. The SMILES string of the molecule is CNCc1nnc([C@H](CNC(=O)OC(C)(C)C)NC(=O)OC(C)(C)C)o1. The molecule has 2 amide bonds. The number of carbonyl (C=O) groups is 2. The lowest BCUT2D eigenvalue weighted by atomic mass is 10.2. The van der Waals surface area contributed by atoms with E-state index in [2.05, 4.69) is 26.1 Å². The van der Waals surface area contributed by atoms with Crippen LogP contribution in [0.3, 0.4) is 0 Å². The topological polar surface area (TPSA) is 128 Å². The number of hydrogen-bond donors (Lipinski definition) is 3. The van der Waals surface area contributed by atoms with Gasteiger partial charge in [0.2, 0.25) is 11.8 Å². The van der Waals surface area contributed by atoms with E-state index in [-0.39, 0.29) is 12.4 Å². The molecule has 0 aliphatic heterocycles. The highest BCUT2D eigenvalue weighted by atomic mass is 16.6. The van der Waals surface area contributed by atoms with Crippen molar-refractivity contribution in [2.45, 2.75) is 65.3 Å². The first-order valence-corrected chi connectivity index (χ1v) is 8.33. The number of ether oxygens (including phenoxy) is 2. The number of rotatable bonds is 6. The van der Waals surface area contributed by atoms with Gasteiger partial charge in [-0.3, -0.25) is 0 Å².